The lowest BCUT2D eigenvalue weighted by Crippen LogP contribution is -2.57. The van der Waals surface area contributed by atoms with Gasteiger partial charge in [-0.15, -0.1) is 0 Å². The summed E-state index contributed by atoms with van der Waals surface area (Å²) in [4.78, 5) is 16.5. The van der Waals surface area contributed by atoms with Crippen LogP contribution in [0.15, 0.2) is 18.2 Å². The van der Waals surface area contributed by atoms with Gasteiger partial charge in [0.05, 0.1) is 0 Å². The molecule has 110 valence electrons. The summed E-state index contributed by atoms with van der Waals surface area (Å²) < 4.78 is 0. The molecule has 0 bridgehead atoms. The number of nitrogen functional groups attached to an aromatic ring is 1. The van der Waals surface area contributed by atoms with Gasteiger partial charge in [-0.25, -0.2) is 0 Å². The Morgan fingerprint density at radius 2 is 1.95 bits per heavy atom. The Balaban J connectivity index is 2.12. The zero-order chi connectivity index (χ0) is 14.9. The fraction of sp³-hybridized carbons (Fsp3) is 0.533. The van der Waals surface area contributed by atoms with E-state index in [1.54, 1.807) is 23.1 Å². The SMILES string of the molecule is CN(CC1(N(C)C)CCC1)C(=O)c1cc(N)cc(Cl)c1. The molecule has 2 N–H and O–H groups in total. The van der Waals surface area contributed by atoms with Gasteiger partial charge >= 0.3 is 0 Å². The van der Waals surface area contributed by atoms with E-state index < -0.39 is 0 Å². The highest BCUT2D eigenvalue weighted by atomic mass is 35.5. The lowest BCUT2D eigenvalue weighted by molar-refractivity contribution is 0.0252. The van der Waals surface area contributed by atoms with Gasteiger partial charge in [0, 0.05) is 35.4 Å². The first-order valence-corrected chi connectivity index (χ1v) is 7.21. The number of nitrogens with two attached hydrogens (primary N) is 1. The third-order valence-corrected chi connectivity index (χ3v) is 4.50. The Labute approximate surface area is 125 Å². The molecular formula is C15H22ClN3O. The molecule has 1 aliphatic carbocycles. The second-order valence-electron chi connectivity index (χ2n) is 5.91. The van der Waals surface area contributed by atoms with Crippen LogP contribution in [-0.4, -0.2) is 48.9 Å². The van der Waals surface area contributed by atoms with Crippen LogP contribution in [0.3, 0.4) is 0 Å². The Morgan fingerprint density at radius 1 is 1.30 bits per heavy atom. The number of rotatable bonds is 4. The van der Waals surface area contributed by atoms with E-state index in [4.69, 9.17) is 17.3 Å². The Hall–Kier alpha value is -1.26. The highest BCUT2D eigenvalue weighted by molar-refractivity contribution is 6.31. The summed E-state index contributed by atoms with van der Waals surface area (Å²) in [5.41, 5.74) is 6.93. The summed E-state index contributed by atoms with van der Waals surface area (Å²) in [6.45, 7) is 0.727. The molecule has 0 aromatic heterocycles. The van der Waals surface area contributed by atoms with Crippen molar-refractivity contribution in [3.63, 3.8) is 0 Å². The summed E-state index contributed by atoms with van der Waals surface area (Å²) in [6, 6.07) is 4.99. The third kappa shape index (κ3) is 2.91. The number of hydrogen-bond donors (Lipinski definition) is 1. The second-order valence-corrected chi connectivity index (χ2v) is 6.34. The molecule has 1 aromatic rings. The minimum absolute atomic E-state index is 0.0349. The van der Waals surface area contributed by atoms with Crippen molar-refractivity contribution in [2.45, 2.75) is 24.8 Å². The van der Waals surface area contributed by atoms with Crippen LogP contribution in [0.4, 0.5) is 5.69 Å². The number of halogens is 1. The molecule has 1 aliphatic rings. The van der Waals surface area contributed by atoms with E-state index in [1.807, 2.05) is 7.05 Å². The van der Waals surface area contributed by atoms with Crippen LogP contribution in [-0.2, 0) is 0 Å². The molecule has 0 heterocycles. The maximum atomic E-state index is 12.5. The summed E-state index contributed by atoms with van der Waals surface area (Å²) >= 11 is 5.96. The van der Waals surface area contributed by atoms with Crippen molar-refractivity contribution in [2.24, 2.45) is 0 Å². The maximum absolute atomic E-state index is 12.5. The molecule has 0 radical (unpaired) electrons. The van der Waals surface area contributed by atoms with Gasteiger partial charge in [0.1, 0.15) is 0 Å². The predicted molar refractivity (Wildman–Crippen MR) is 83.1 cm³/mol. The quantitative estimate of drug-likeness (QED) is 0.868. The van der Waals surface area contributed by atoms with E-state index in [0.29, 0.717) is 16.3 Å². The topological polar surface area (TPSA) is 49.6 Å². The maximum Gasteiger partial charge on any atom is 0.253 e. The fourth-order valence-corrected chi connectivity index (χ4v) is 3.04. The molecule has 4 nitrogen and oxygen atoms in total. The largest absolute Gasteiger partial charge is 0.399 e. The van der Waals surface area contributed by atoms with E-state index >= 15 is 0 Å². The van der Waals surface area contributed by atoms with Crippen LogP contribution in [0.2, 0.25) is 5.02 Å². The molecule has 2 rings (SSSR count). The minimum atomic E-state index is -0.0349. The summed E-state index contributed by atoms with van der Waals surface area (Å²) in [5.74, 6) is -0.0349. The van der Waals surface area contributed by atoms with Crippen molar-refractivity contribution >= 4 is 23.2 Å². The average Bonchev–Trinajstić information content (AvgIpc) is 2.30. The van der Waals surface area contributed by atoms with Crippen LogP contribution in [0, 0.1) is 0 Å². The first-order chi connectivity index (χ1) is 9.34. The fourth-order valence-electron chi connectivity index (χ4n) is 2.80. The van der Waals surface area contributed by atoms with Crippen molar-refractivity contribution in [3.8, 4) is 0 Å². The van der Waals surface area contributed by atoms with Gasteiger partial charge in [-0.2, -0.15) is 0 Å². The monoisotopic (exact) mass is 295 g/mol. The van der Waals surface area contributed by atoms with Gasteiger partial charge in [0.2, 0.25) is 0 Å². The Kier molecular flexibility index (Phi) is 4.25. The molecule has 1 saturated carbocycles. The lowest BCUT2D eigenvalue weighted by atomic mass is 9.75. The van der Waals surface area contributed by atoms with Crippen molar-refractivity contribution < 1.29 is 4.79 Å². The Morgan fingerprint density at radius 3 is 2.40 bits per heavy atom. The van der Waals surface area contributed by atoms with Gasteiger partial charge in [-0.1, -0.05) is 11.6 Å². The zero-order valence-corrected chi connectivity index (χ0v) is 13.1. The predicted octanol–water partition coefficient (Wildman–Crippen LogP) is 2.48. The van der Waals surface area contributed by atoms with E-state index in [2.05, 4.69) is 19.0 Å². The van der Waals surface area contributed by atoms with E-state index in [1.165, 1.54) is 6.42 Å². The molecule has 0 aliphatic heterocycles. The third-order valence-electron chi connectivity index (χ3n) is 4.28. The Bertz CT molecular complexity index is 492. The van der Waals surface area contributed by atoms with Crippen LogP contribution in [0.5, 0.6) is 0 Å². The summed E-state index contributed by atoms with van der Waals surface area (Å²) in [7, 11) is 5.99. The van der Waals surface area contributed by atoms with Gasteiger partial charge in [-0.05, 0) is 51.6 Å². The molecule has 1 amide bonds. The first kappa shape index (κ1) is 15.1. The number of amides is 1. The number of nitrogens with zero attached hydrogens (tertiary/aromatic N) is 2. The minimum Gasteiger partial charge on any atom is -0.399 e. The molecule has 20 heavy (non-hydrogen) atoms. The van der Waals surface area contributed by atoms with E-state index in [0.717, 1.165) is 19.4 Å². The molecule has 1 aromatic carbocycles. The average molecular weight is 296 g/mol. The molecule has 5 heteroatoms. The van der Waals surface area contributed by atoms with E-state index in [-0.39, 0.29) is 11.4 Å². The van der Waals surface area contributed by atoms with Crippen LogP contribution in [0.25, 0.3) is 0 Å². The van der Waals surface area contributed by atoms with Crippen molar-refractivity contribution in [1.29, 1.82) is 0 Å². The van der Waals surface area contributed by atoms with Gasteiger partial charge < -0.3 is 15.5 Å². The van der Waals surface area contributed by atoms with Crippen LogP contribution < -0.4 is 5.73 Å². The van der Waals surface area contributed by atoms with Gasteiger partial charge in [0.25, 0.3) is 5.91 Å². The summed E-state index contributed by atoms with van der Waals surface area (Å²) in [5, 5.41) is 0.493. The van der Waals surface area contributed by atoms with Crippen LogP contribution in [0.1, 0.15) is 29.6 Å². The van der Waals surface area contributed by atoms with Gasteiger partial charge in [0.15, 0.2) is 0 Å². The molecule has 0 saturated heterocycles. The number of anilines is 1. The standard InChI is InChI=1S/C15H22ClN3O/c1-18(2)15(5-4-6-15)10-19(3)14(20)11-7-12(16)9-13(17)8-11/h7-9H,4-6,10,17H2,1-3H3. The first-order valence-electron chi connectivity index (χ1n) is 6.83. The normalized spacial score (nSPS) is 16.9. The highest BCUT2D eigenvalue weighted by Crippen LogP contribution is 2.36. The van der Waals surface area contributed by atoms with Crippen molar-refractivity contribution in [2.75, 3.05) is 33.4 Å². The summed E-state index contributed by atoms with van der Waals surface area (Å²) in [6.07, 6.45) is 3.49. The van der Waals surface area contributed by atoms with Gasteiger partial charge in [-0.3, -0.25) is 4.79 Å². The number of benzene rings is 1. The molecule has 0 spiro atoms. The number of likely N-dealkylation sites (N-methyl/N-ethyl adjacent to an activating group) is 2. The van der Waals surface area contributed by atoms with E-state index in [9.17, 15) is 4.79 Å². The highest BCUT2D eigenvalue weighted by Gasteiger charge is 2.40. The molecule has 1 fully saturated rings. The molecule has 0 unspecified atom stereocenters. The smallest absolute Gasteiger partial charge is 0.253 e. The molecular weight excluding hydrogens is 274 g/mol. The zero-order valence-electron chi connectivity index (χ0n) is 12.3. The lowest BCUT2D eigenvalue weighted by Gasteiger charge is -2.49. The number of hydrogen-bond acceptors (Lipinski definition) is 3. The number of carbonyl (C=O) groups excluding carboxylic acids is 1. The second kappa shape index (κ2) is 5.62. The van der Waals surface area contributed by atoms with Crippen LogP contribution >= 0.6 is 11.6 Å². The number of carbonyl (C=O) groups is 1. The van der Waals surface area contributed by atoms with Crippen molar-refractivity contribution in [1.82, 2.24) is 9.80 Å². The molecule has 0 atom stereocenters. The van der Waals surface area contributed by atoms with Crippen molar-refractivity contribution in [3.05, 3.63) is 28.8 Å².